The molecule has 24 heavy (non-hydrogen) atoms. The van der Waals surface area contributed by atoms with Crippen molar-refractivity contribution in [1.29, 1.82) is 0 Å². The number of rotatable bonds is 4. The lowest BCUT2D eigenvalue weighted by Crippen LogP contribution is -2.17. The van der Waals surface area contributed by atoms with Gasteiger partial charge in [0.1, 0.15) is 11.1 Å². The van der Waals surface area contributed by atoms with Gasteiger partial charge in [-0.25, -0.2) is 4.98 Å². The number of hydrogen-bond acceptors (Lipinski definition) is 4. The zero-order valence-corrected chi connectivity index (χ0v) is 15.4. The van der Waals surface area contributed by atoms with E-state index in [-0.39, 0.29) is 12.0 Å². The fourth-order valence-corrected chi connectivity index (χ4v) is 2.78. The Labute approximate surface area is 153 Å². The van der Waals surface area contributed by atoms with Crippen molar-refractivity contribution in [2.45, 2.75) is 19.4 Å². The first-order valence-electron chi connectivity index (χ1n) is 7.50. The highest BCUT2D eigenvalue weighted by molar-refractivity contribution is 9.10. The maximum atomic E-state index is 12.3. The summed E-state index contributed by atoms with van der Waals surface area (Å²) in [5, 5.41) is 3.13. The zero-order chi connectivity index (χ0) is 17.1. The number of carbonyl (C=O) groups excluding carboxylic acids is 1. The van der Waals surface area contributed by atoms with Gasteiger partial charge in [0.05, 0.1) is 18.8 Å². The molecule has 0 saturated carbocycles. The molecule has 0 spiro atoms. The van der Waals surface area contributed by atoms with Gasteiger partial charge in [0.15, 0.2) is 0 Å². The fraction of sp³-hybridized carbons (Fsp3) is 0.294. The number of pyridine rings is 1. The molecule has 0 bridgehead atoms. The highest BCUT2D eigenvalue weighted by Gasteiger charge is 2.20. The summed E-state index contributed by atoms with van der Waals surface area (Å²) in [4.78, 5) is 16.5. The van der Waals surface area contributed by atoms with Crippen molar-refractivity contribution in [1.82, 2.24) is 4.98 Å². The van der Waals surface area contributed by atoms with Gasteiger partial charge in [-0.05, 0) is 36.8 Å². The van der Waals surface area contributed by atoms with E-state index in [2.05, 4.69) is 26.2 Å². The summed E-state index contributed by atoms with van der Waals surface area (Å²) in [6.45, 7) is 3.16. The Kier molecular flexibility index (Phi) is 5.38. The van der Waals surface area contributed by atoms with Gasteiger partial charge in [-0.2, -0.15) is 0 Å². The molecule has 0 radical (unpaired) electrons. The number of amides is 1. The van der Waals surface area contributed by atoms with Crippen LogP contribution in [0.1, 0.15) is 22.3 Å². The van der Waals surface area contributed by atoms with Crippen LogP contribution in [0.25, 0.3) is 0 Å². The van der Waals surface area contributed by atoms with Crippen molar-refractivity contribution in [3.05, 3.63) is 51.1 Å². The topological polar surface area (TPSA) is 60.5 Å². The van der Waals surface area contributed by atoms with Gasteiger partial charge < -0.3 is 14.8 Å². The molecule has 1 aromatic heterocycles. The second-order valence-corrected chi connectivity index (χ2v) is 6.79. The molecule has 5 nitrogen and oxygen atoms in total. The van der Waals surface area contributed by atoms with E-state index in [0.29, 0.717) is 35.4 Å². The number of carbonyl (C=O) groups is 1. The summed E-state index contributed by atoms with van der Waals surface area (Å²) in [6, 6.07) is 7.15. The van der Waals surface area contributed by atoms with Crippen LogP contribution in [0.3, 0.4) is 0 Å². The summed E-state index contributed by atoms with van der Waals surface area (Å²) in [5.74, 6) is 0.0464. The van der Waals surface area contributed by atoms with Gasteiger partial charge in [-0.3, -0.25) is 4.79 Å². The van der Waals surface area contributed by atoms with Crippen LogP contribution in [0.5, 0.6) is 5.88 Å². The number of nitrogens with one attached hydrogen (secondary N) is 1. The number of halogens is 2. The summed E-state index contributed by atoms with van der Waals surface area (Å²) in [7, 11) is 0. The number of aryl methyl sites for hydroxylation is 1. The van der Waals surface area contributed by atoms with Gasteiger partial charge in [0, 0.05) is 22.8 Å². The van der Waals surface area contributed by atoms with Crippen molar-refractivity contribution in [3.8, 4) is 5.88 Å². The fourth-order valence-electron chi connectivity index (χ4n) is 2.33. The Morgan fingerprint density at radius 1 is 1.46 bits per heavy atom. The highest BCUT2D eigenvalue weighted by Crippen LogP contribution is 2.26. The Morgan fingerprint density at radius 3 is 2.96 bits per heavy atom. The molecule has 1 fully saturated rings. The molecule has 1 aliphatic rings. The number of benzene rings is 1. The highest BCUT2D eigenvalue weighted by atomic mass is 79.9. The normalized spacial score (nSPS) is 16.9. The third-order valence-electron chi connectivity index (χ3n) is 3.65. The summed E-state index contributed by atoms with van der Waals surface area (Å²) in [5.41, 5.74) is 2.11. The standard InChI is InChI=1S/C17H16BrClN2O3/c1-10-6-12(2-3-14(10)18)21-16(22)11-7-15(19)17(20-8-11)24-13-4-5-23-9-13/h2-3,6-8,13H,4-5,9H2,1H3,(H,21,22). The van der Waals surface area contributed by atoms with Crippen molar-refractivity contribution in [2.75, 3.05) is 18.5 Å². The van der Waals surface area contributed by atoms with Crippen LogP contribution in [0.15, 0.2) is 34.9 Å². The molecule has 3 rings (SSSR count). The number of aromatic nitrogens is 1. The van der Waals surface area contributed by atoms with E-state index in [9.17, 15) is 4.79 Å². The molecule has 1 atom stereocenters. The Morgan fingerprint density at radius 2 is 2.29 bits per heavy atom. The second kappa shape index (κ2) is 7.51. The van der Waals surface area contributed by atoms with Crippen molar-refractivity contribution in [3.63, 3.8) is 0 Å². The third-order valence-corrected chi connectivity index (χ3v) is 4.81. The molecule has 1 amide bonds. The van der Waals surface area contributed by atoms with Crippen LogP contribution < -0.4 is 10.1 Å². The molecule has 2 heterocycles. The number of nitrogens with zero attached hydrogens (tertiary/aromatic N) is 1. The molecule has 1 unspecified atom stereocenters. The SMILES string of the molecule is Cc1cc(NC(=O)c2cnc(OC3CCOC3)c(Cl)c2)ccc1Br. The minimum Gasteiger partial charge on any atom is -0.471 e. The van der Waals surface area contributed by atoms with Crippen molar-refractivity contribution in [2.24, 2.45) is 0 Å². The molecule has 1 aromatic carbocycles. The summed E-state index contributed by atoms with van der Waals surface area (Å²) >= 11 is 9.62. The minimum atomic E-state index is -0.276. The zero-order valence-electron chi connectivity index (χ0n) is 13.0. The minimum absolute atomic E-state index is 0.0413. The molecule has 0 aliphatic carbocycles. The van der Waals surface area contributed by atoms with Crippen LogP contribution in [0, 0.1) is 6.92 Å². The smallest absolute Gasteiger partial charge is 0.257 e. The van der Waals surface area contributed by atoms with E-state index in [4.69, 9.17) is 21.1 Å². The lowest BCUT2D eigenvalue weighted by atomic mass is 10.2. The van der Waals surface area contributed by atoms with Crippen LogP contribution in [0.4, 0.5) is 5.69 Å². The Balaban J connectivity index is 1.70. The number of ether oxygens (including phenoxy) is 2. The lowest BCUT2D eigenvalue weighted by Gasteiger charge is -2.13. The van der Waals surface area contributed by atoms with Crippen molar-refractivity contribution >= 4 is 39.1 Å². The predicted octanol–water partition coefficient (Wildman–Crippen LogP) is 4.23. The van der Waals surface area contributed by atoms with E-state index in [1.54, 1.807) is 6.07 Å². The summed E-state index contributed by atoms with van der Waals surface area (Å²) < 4.78 is 11.9. The predicted molar refractivity (Wildman–Crippen MR) is 95.9 cm³/mol. The van der Waals surface area contributed by atoms with E-state index < -0.39 is 0 Å². The van der Waals surface area contributed by atoms with E-state index >= 15 is 0 Å². The van der Waals surface area contributed by atoms with Gasteiger partial charge in [-0.1, -0.05) is 27.5 Å². The molecule has 1 N–H and O–H groups in total. The van der Waals surface area contributed by atoms with E-state index in [0.717, 1.165) is 16.5 Å². The van der Waals surface area contributed by atoms with Gasteiger partial charge in [0.2, 0.25) is 5.88 Å². The third kappa shape index (κ3) is 4.06. The lowest BCUT2D eigenvalue weighted by molar-refractivity contribution is 0.102. The molecule has 126 valence electrons. The Bertz CT molecular complexity index is 763. The second-order valence-electron chi connectivity index (χ2n) is 5.53. The van der Waals surface area contributed by atoms with E-state index in [1.807, 2.05) is 25.1 Å². The number of anilines is 1. The average molecular weight is 412 g/mol. The molecule has 1 aliphatic heterocycles. The summed E-state index contributed by atoms with van der Waals surface area (Å²) in [6.07, 6.45) is 2.22. The molecule has 2 aromatic rings. The van der Waals surface area contributed by atoms with Crippen LogP contribution >= 0.6 is 27.5 Å². The molecular formula is C17H16BrClN2O3. The quantitative estimate of drug-likeness (QED) is 0.818. The maximum absolute atomic E-state index is 12.3. The maximum Gasteiger partial charge on any atom is 0.257 e. The van der Waals surface area contributed by atoms with Gasteiger partial charge >= 0.3 is 0 Å². The largest absolute Gasteiger partial charge is 0.471 e. The first-order valence-corrected chi connectivity index (χ1v) is 8.67. The van der Waals surface area contributed by atoms with Crippen LogP contribution in [0.2, 0.25) is 5.02 Å². The van der Waals surface area contributed by atoms with Crippen LogP contribution in [-0.2, 0) is 4.74 Å². The Hall–Kier alpha value is -1.63. The van der Waals surface area contributed by atoms with Crippen molar-refractivity contribution < 1.29 is 14.3 Å². The average Bonchev–Trinajstić information content (AvgIpc) is 3.06. The van der Waals surface area contributed by atoms with Crippen LogP contribution in [-0.4, -0.2) is 30.2 Å². The van der Waals surface area contributed by atoms with E-state index in [1.165, 1.54) is 6.20 Å². The first-order chi connectivity index (χ1) is 11.5. The van der Waals surface area contributed by atoms with Gasteiger partial charge in [0.25, 0.3) is 5.91 Å². The molecule has 1 saturated heterocycles. The van der Waals surface area contributed by atoms with Gasteiger partial charge in [-0.15, -0.1) is 0 Å². The molecule has 7 heteroatoms. The number of hydrogen-bond donors (Lipinski definition) is 1. The first kappa shape index (κ1) is 17.2. The molecular weight excluding hydrogens is 396 g/mol. The monoisotopic (exact) mass is 410 g/mol.